The van der Waals surface area contributed by atoms with Crippen molar-refractivity contribution in [1.29, 1.82) is 0 Å². The summed E-state index contributed by atoms with van der Waals surface area (Å²) < 4.78 is 0. The lowest BCUT2D eigenvalue weighted by atomic mass is 9.89. The van der Waals surface area contributed by atoms with Crippen LogP contribution in [0.2, 0.25) is 0 Å². The van der Waals surface area contributed by atoms with E-state index in [0.717, 1.165) is 18.4 Å². The van der Waals surface area contributed by atoms with Crippen LogP contribution in [0, 0.1) is 11.8 Å². The molecule has 1 heterocycles. The van der Waals surface area contributed by atoms with Crippen LogP contribution in [0.3, 0.4) is 0 Å². The first-order chi connectivity index (χ1) is 6.59. The Morgan fingerprint density at radius 1 is 1.21 bits per heavy atom. The van der Waals surface area contributed by atoms with Crippen molar-refractivity contribution in [2.75, 3.05) is 19.6 Å². The van der Waals surface area contributed by atoms with Crippen molar-refractivity contribution < 1.29 is 5.11 Å². The van der Waals surface area contributed by atoms with E-state index < -0.39 is 0 Å². The highest BCUT2D eigenvalue weighted by Gasteiger charge is 2.19. The van der Waals surface area contributed by atoms with Crippen LogP contribution in [0.1, 0.15) is 40.0 Å². The molecular weight excluding hydrogens is 174 g/mol. The smallest absolute Gasteiger partial charge is 0.0639 e. The van der Waals surface area contributed by atoms with Crippen molar-refractivity contribution in [2.24, 2.45) is 11.8 Å². The number of likely N-dealkylation sites (tertiary alicyclic amines) is 1. The molecule has 2 unspecified atom stereocenters. The Kier molecular flexibility index (Phi) is 4.90. The van der Waals surface area contributed by atoms with Crippen LogP contribution >= 0.6 is 0 Å². The monoisotopic (exact) mass is 199 g/mol. The summed E-state index contributed by atoms with van der Waals surface area (Å²) in [5.41, 5.74) is 0. The molecule has 84 valence electrons. The fraction of sp³-hybridized carbons (Fsp3) is 1.00. The first-order valence-corrected chi connectivity index (χ1v) is 6.00. The highest BCUT2D eigenvalue weighted by Crippen LogP contribution is 2.24. The Morgan fingerprint density at radius 3 is 2.50 bits per heavy atom. The molecule has 14 heavy (non-hydrogen) atoms. The molecule has 1 rings (SSSR count). The third kappa shape index (κ3) is 3.97. The molecule has 1 saturated heterocycles. The van der Waals surface area contributed by atoms with E-state index in [4.69, 9.17) is 0 Å². The molecule has 1 fully saturated rings. The molecule has 2 atom stereocenters. The van der Waals surface area contributed by atoms with Gasteiger partial charge in [-0.05, 0) is 51.1 Å². The number of β-amino-alcohol motifs (C(OH)–C–C–N with tert-alkyl or cyclic N) is 1. The van der Waals surface area contributed by atoms with Crippen LogP contribution in [0.25, 0.3) is 0 Å². The van der Waals surface area contributed by atoms with Gasteiger partial charge in [0.15, 0.2) is 0 Å². The number of nitrogens with zero attached hydrogens (tertiary/aromatic N) is 1. The number of hydrogen-bond acceptors (Lipinski definition) is 2. The molecule has 0 saturated carbocycles. The first kappa shape index (κ1) is 12.0. The third-order valence-electron chi connectivity index (χ3n) is 3.33. The van der Waals surface area contributed by atoms with Crippen molar-refractivity contribution in [3.63, 3.8) is 0 Å². The maximum atomic E-state index is 9.33. The van der Waals surface area contributed by atoms with Crippen LogP contribution in [0.4, 0.5) is 0 Å². The SMILES string of the molecule is CC(O)CN1CCCC(C(C)C)CC1. The lowest BCUT2D eigenvalue weighted by Gasteiger charge is -2.22. The van der Waals surface area contributed by atoms with Gasteiger partial charge in [0.1, 0.15) is 0 Å². The predicted octanol–water partition coefficient (Wildman–Crippen LogP) is 2.13. The van der Waals surface area contributed by atoms with Crippen LogP contribution in [0.5, 0.6) is 0 Å². The summed E-state index contributed by atoms with van der Waals surface area (Å²) in [5.74, 6) is 1.72. The summed E-state index contributed by atoms with van der Waals surface area (Å²) in [6.07, 6.45) is 3.80. The van der Waals surface area contributed by atoms with Gasteiger partial charge in [-0.15, -0.1) is 0 Å². The Balaban J connectivity index is 2.33. The second kappa shape index (κ2) is 5.72. The van der Waals surface area contributed by atoms with Gasteiger partial charge in [-0.3, -0.25) is 0 Å². The summed E-state index contributed by atoms with van der Waals surface area (Å²) in [6, 6.07) is 0. The zero-order valence-electron chi connectivity index (χ0n) is 9.87. The molecule has 1 aliphatic rings. The standard InChI is InChI=1S/C12H25NO/c1-10(2)12-5-4-7-13(8-6-12)9-11(3)14/h10-12,14H,4-9H2,1-3H3. The van der Waals surface area contributed by atoms with Crippen molar-refractivity contribution in [2.45, 2.75) is 46.1 Å². The number of aliphatic hydroxyl groups excluding tert-OH is 1. The first-order valence-electron chi connectivity index (χ1n) is 6.00. The van der Waals surface area contributed by atoms with Crippen LogP contribution in [-0.2, 0) is 0 Å². The summed E-state index contributed by atoms with van der Waals surface area (Å²) in [4.78, 5) is 2.41. The van der Waals surface area contributed by atoms with Gasteiger partial charge in [0.25, 0.3) is 0 Å². The summed E-state index contributed by atoms with van der Waals surface area (Å²) in [6.45, 7) is 9.74. The second-order valence-electron chi connectivity index (χ2n) is 5.08. The Bertz CT molecular complexity index is 156. The average Bonchev–Trinajstić information content (AvgIpc) is 2.28. The summed E-state index contributed by atoms with van der Waals surface area (Å²) in [5, 5.41) is 9.33. The fourth-order valence-electron chi connectivity index (χ4n) is 2.40. The van der Waals surface area contributed by atoms with Gasteiger partial charge < -0.3 is 10.0 Å². The van der Waals surface area contributed by atoms with E-state index in [-0.39, 0.29) is 6.10 Å². The largest absolute Gasteiger partial charge is 0.392 e. The molecule has 0 aromatic heterocycles. The van der Waals surface area contributed by atoms with Crippen molar-refractivity contribution in [3.8, 4) is 0 Å². The molecule has 1 N–H and O–H groups in total. The Hall–Kier alpha value is -0.0800. The topological polar surface area (TPSA) is 23.5 Å². The van der Waals surface area contributed by atoms with Gasteiger partial charge >= 0.3 is 0 Å². The number of aliphatic hydroxyl groups is 1. The van der Waals surface area contributed by atoms with Crippen molar-refractivity contribution >= 4 is 0 Å². The molecule has 0 bridgehead atoms. The summed E-state index contributed by atoms with van der Waals surface area (Å²) in [7, 11) is 0. The minimum Gasteiger partial charge on any atom is -0.392 e. The zero-order chi connectivity index (χ0) is 10.6. The van der Waals surface area contributed by atoms with E-state index in [9.17, 15) is 5.11 Å². The van der Waals surface area contributed by atoms with E-state index in [0.29, 0.717) is 0 Å². The van der Waals surface area contributed by atoms with Crippen molar-refractivity contribution in [3.05, 3.63) is 0 Å². The molecule has 0 radical (unpaired) electrons. The van der Waals surface area contributed by atoms with Gasteiger partial charge in [-0.2, -0.15) is 0 Å². The molecule has 2 heteroatoms. The molecule has 0 aromatic carbocycles. The van der Waals surface area contributed by atoms with E-state index in [2.05, 4.69) is 18.7 Å². The van der Waals surface area contributed by atoms with Crippen LogP contribution in [0.15, 0.2) is 0 Å². The highest BCUT2D eigenvalue weighted by atomic mass is 16.3. The van der Waals surface area contributed by atoms with E-state index in [1.54, 1.807) is 0 Å². The van der Waals surface area contributed by atoms with Crippen LogP contribution < -0.4 is 0 Å². The maximum Gasteiger partial charge on any atom is 0.0639 e. The van der Waals surface area contributed by atoms with E-state index in [1.807, 2.05) is 6.92 Å². The van der Waals surface area contributed by atoms with Gasteiger partial charge in [-0.1, -0.05) is 13.8 Å². The molecule has 0 spiro atoms. The van der Waals surface area contributed by atoms with E-state index in [1.165, 1.54) is 32.4 Å². The van der Waals surface area contributed by atoms with Crippen molar-refractivity contribution in [1.82, 2.24) is 4.90 Å². The van der Waals surface area contributed by atoms with Crippen LogP contribution in [-0.4, -0.2) is 35.7 Å². The molecular formula is C12H25NO. The van der Waals surface area contributed by atoms with Gasteiger partial charge in [0.05, 0.1) is 6.10 Å². The van der Waals surface area contributed by atoms with E-state index >= 15 is 0 Å². The number of hydrogen-bond donors (Lipinski definition) is 1. The highest BCUT2D eigenvalue weighted by molar-refractivity contribution is 4.73. The zero-order valence-corrected chi connectivity index (χ0v) is 9.87. The Labute approximate surface area is 88.3 Å². The quantitative estimate of drug-likeness (QED) is 0.752. The van der Waals surface area contributed by atoms with Gasteiger partial charge in [-0.25, -0.2) is 0 Å². The minimum atomic E-state index is -0.175. The predicted molar refractivity (Wildman–Crippen MR) is 60.3 cm³/mol. The molecule has 0 aromatic rings. The normalized spacial score (nSPS) is 27.6. The lowest BCUT2D eigenvalue weighted by Crippen LogP contribution is -2.32. The van der Waals surface area contributed by atoms with Gasteiger partial charge in [0.2, 0.25) is 0 Å². The number of rotatable bonds is 3. The van der Waals surface area contributed by atoms with Gasteiger partial charge in [0, 0.05) is 6.54 Å². The second-order valence-corrected chi connectivity index (χ2v) is 5.08. The average molecular weight is 199 g/mol. The molecule has 0 amide bonds. The third-order valence-corrected chi connectivity index (χ3v) is 3.33. The molecule has 0 aliphatic carbocycles. The molecule has 1 aliphatic heterocycles. The fourth-order valence-corrected chi connectivity index (χ4v) is 2.40. The lowest BCUT2D eigenvalue weighted by molar-refractivity contribution is 0.127. The summed E-state index contributed by atoms with van der Waals surface area (Å²) >= 11 is 0. The molecule has 2 nitrogen and oxygen atoms in total. The minimum absolute atomic E-state index is 0.175. The Morgan fingerprint density at radius 2 is 1.93 bits per heavy atom. The maximum absolute atomic E-state index is 9.33.